The number of guanidine groups is 1. The molecule has 0 saturated heterocycles. The van der Waals surface area contributed by atoms with E-state index in [1.54, 1.807) is 13.3 Å². The average Bonchev–Trinajstić information content (AvgIpc) is 3.19. The summed E-state index contributed by atoms with van der Waals surface area (Å²) in [5.74, 6) is 2.29. The third-order valence-corrected chi connectivity index (χ3v) is 4.75. The third-order valence-electron chi connectivity index (χ3n) is 4.22. The zero-order valence-electron chi connectivity index (χ0n) is 14.4. The topological polar surface area (TPSA) is 58.8 Å². The maximum atomic E-state index is 5.57. The number of benzene rings is 1. The molecule has 0 spiro atoms. The molecule has 2 N–H and O–H groups in total. The molecule has 2 unspecified atom stereocenters. The second-order valence-electron chi connectivity index (χ2n) is 6.13. The van der Waals surface area contributed by atoms with Crippen molar-refractivity contribution in [3.8, 4) is 0 Å². The van der Waals surface area contributed by atoms with E-state index in [1.165, 1.54) is 5.56 Å². The van der Waals surface area contributed by atoms with Crippen LogP contribution in [0.3, 0.4) is 0 Å². The fourth-order valence-corrected chi connectivity index (χ4v) is 3.02. The van der Waals surface area contributed by atoms with Gasteiger partial charge in [0.2, 0.25) is 0 Å². The molecule has 1 fully saturated rings. The van der Waals surface area contributed by atoms with Gasteiger partial charge in [-0.2, -0.15) is 0 Å². The second-order valence-corrected chi connectivity index (χ2v) is 7.04. The van der Waals surface area contributed by atoms with Crippen molar-refractivity contribution < 1.29 is 9.15 Å². The second kappa shape index (κ2) is 9.06. The van der Waals surface area contributed by atoms with Gasteiger partial charge in [-0.25, -0.2) is 0 Å². The Morgan fingerprint density at radius 2 is 2.16 bits per heavy atom. The van der Waals surface area contributed by atoms with Crippen molar-refractivity contribution in [3.63, 3.8) is 0 Å². The molecular formula is C19H24BrN3O2. The molecular weight excluding hydrogens is 382 g/mol. The van der Waals surface area contributed by atoms with Crippen LogP contribution in [0.5, 0.6) is 0 Å². The van der Waals surface area contributed by atoms with E-state index in [-0.39, 0.29) is 0 Å². The smallest absolute Gasteiger partial charge is 0.191 e. The summed E-state index contributed by atoms with van der Waals surface area (Å²) in [5.41, 5.74) is 1.38. The summed E-state index contributed by atoms with van der Waals surface area (Å²) in [7, 11) is 1.81. The number of furan rings is 1. The molecule has 1 aliphatic rings. The number of rotatable bonds is 8. The molecule has 2 aromatic rings. The first kappa shape index (κ1) is 18.0. The molecule has 1 aliphatic carbocycles. The number of nitrogens with zero attached hydrogens (tertiary/aromatic N) is 1. The van der Waals surface area contributed by atoms with Gasteiger partial charge in [-0.05, 0) is 42.7 Å². The van der Waals surface area contributed by atoms with E-state index in [0.29, 0.717) is 25.2 Å². The number of hydrogen-bond donors (Lipinski definition) is 2. The number of hydrogen-bond acceptors (Lipinski definition) is 3. The molecule has 0 radical (unpaired) electrons. The first-order valence-corrected chi connectivity index (χ1v) is 9.38. The summed E-state index contributed by atoms with van der Waals surface area (Å²) in [6.45, 7) is 2.04. The minimum atomic E-state index is 0.461. The highest BCUT2D eigenvalue weighted by atomic mass is 79.9. The quantitative estimate of drug-likeness (QED) is 0.399. The zero-order valence-corrected chi connectivity index (χ0v) is 16.0. The predicted octanol–water partition coefficient (Wildman–Crippen LogP) is 3.67. The maximum Gasteiger partial charge on any atom is 0.191 e. The number of nitrogens with one attached hydrogen (secondary N) is 2. The van der Waals surface area contributed by atoms with E-state index in [9.17, 15) is 0 Å². The van der Waals surface area contributed by atoms with Crippen molar-refractivity contribution in [1.29, 1.82) is 0 Å². The Labute approximate surface area is 157 Å². The molecule has 1 aromatic carbocycles. The highest BCUT2D eigenvalue weighted by Gasteiger charge is 2.38. The lowest BCUT2D eigenvalue weighted by Gasteiger charge is -2.12. The van der Waals surface area contributed by atoms with Crippen LogP contribution in [0.4, 0.5) is 0 Å². The Bertz CT molecular complexity index is 670. The summed E-state index contributed by atoms with van der Waals surface area (Å²) in [6, 6.07) is 12.8. The van der Waals surface area contributed by atoms with Gasteiger partial charge in [-0.1, -0.05) is 28.1 Å². The van der Waals surface area contributed by atoms with Crippen LogP contribution in [-0.4, -0.2) is 32.2 Å². The van der Waals surface area contributed by atoms with Crippen molar-refractivity contribution in [3.05, 3.63) is 58.5 Å². The Balaban J connectivity index is 1.30. The molecule has 0 aliphatic heterocycles. The van der Waals surface area contributed by atoms with Gasteiger partial charge in [0.05, 0.1) is 6.26 Å². The van der Waals surface area contributed by atoms with Crippen LogP contribution in [0.2, 0.25) is 0 Å². The summed E-state index contributed by atoms with van der Waals surface area (Å²) >= 11 is 3.48. The SMILES string of the molecule is CN=C(NCCCOCc1ccco1)NC1CC1c1ccc(Br)cc1. The van der Waals surface area contributed by atoms with Gasteiger partial charge in [-0.15, -0.1) is 0 Å². The lowest BCUT2D eigenvalue weighted by molar-refractivity contribution is 0.105. The molecule has 134 valence electrons. The molecule has 0 amide bonds. The first-order valence-electron chi connectivity index (χ1n) is 8.59. The van der Waals surface area contributed by atoms with Crippen molar-refractivity contribution in [1.82, 2.24) is 10.6 Å². The van der Waals surface area contributed by atoms with Crippen LogP contribution in [0.25, 0.3) is 0 Å². The molecule has 1 aromatic heterocycles. The first-order chi connectivity index (χ1) is 12.3. The van der Waals surface area contributed by atoms with Crippen LogP contribution in [0.15, 0.2) is 56.5 Å². The largest absolute Gasteiger partial charge is 0.467 e. The van der Waals surface area contributed by atoms with E-state index < -0.39 is 0 Å². The molecule has 6 heteroatoms. The monoisotopic (exact) mass is 405 g/mol. The summed E-state index contributed by atoms with van der Waals surface area (Å²) in [4.78, 5) is 4.30. The van der Waals surface area contributed by atoms with Crippen LogP contribution in [-0.2, 0) is 11.3 Å². The van der Waals surface area contributed by atoms with Gasteiger partial charge in [-0.3, -0.25) is 4.99 Å². The number of halogens is 1. The molecule has 0 bridgehead atoms. The molecule has 25 heavy (non-hydrogen) atoms. The summed E-state index contributed by atoms with van der Waals surface area (Å²) < 4.78 is 11.9. The Hall–Kier alpha value is -1.79. The van der Waals surface area contributed by atoms with Gasteiger partial charge in [0.25, 0.3) is 0 Å². The predicted molar refractivity (Wildman–Crippen MR) is 103 cm³/mol. The third kappa shape index (κ3) is 5.61. The van der Waals surface area contributed by atoms with Gasteiger partial charge in [0.1, 0.15) is 12.4 Å². The van der Waals surface area contributed by atoms with Crippen molar-refractivity contribution in [2.45, 2.75) is 31.4 Å². The molecule has 5 nitrogen and oxygen atoms in total. The number of ether oxygens (including phenoxy) is 1. The summed E-state index contributed by atoms with van der Waals surface area (Å²) in [5, 5.41) is 6.83. The highest BCUT2D eigenvalue weighted by Crippen LogP contribution is 2.40. The van der Waals surface area contributed by atoms with Crippen LogP contribution in [0, 0.1) is 0 Å². The molecule has 1 heterocycles. The van der Waals surface area contributed by atoms with E-state index in [1.807, 2.05) is 12.1 Å². The van der Waals surface area contributed by atoms with Crippen LogP contribution >= 0.6 is 15.9 Å². The zero-order chi connectivity index (χ0) is 17.5. The van der Waals surface area contributed by atoms with Crippen LogP contribution in [0.1, 0.15) is 30.1 Å². The van der Waals surface area contributed by atoms with Crippen molar-refractivity contribution in [2.75, 3.05) is 20.2 Å². The van der Waals surface area contributed by atoms with Gasteiger partial charge >= 0.3 is 0 Å². The Morgan fingerprint density at radius 3 is 2.88 bits per heavy atom. The number of aliphatic imine (C=N–C) groups is 1. The Morgan fingerprint density at radius 1 is 1.32 bits per heavy atom. The van der Waals surface area contributed by atoms with Crippen LogP contribution < -0.4 is 10.6 Å². The lowest BCUT2D eigenvalue weighted by atomic mass is 10.1. The van der Waals surface area contributed by atoms with E-state index in [2.05, 4.69) is 55.8 Å². The van der Waals surface area contributed by atoms with Crippen molar-refractivity contribution >= 4 is 21.9 Å². The highest BCUT2D eigenvalue weighted by molar-refractivity contribution is 9.10. The lowest BCUT2D eigenvalue weighted by Crippen LogP contribution is -2.39. The average molecular weight is 406 g/mol. The molecule has 2 atom stereocenters. The Kier molecular flexibility index (Phi) is 6.53. The normalized spacial score (nSPS) is 19.7. The van der Waals surface area contributed by atoms with E-state index in [0.717, 1.165) is 35.6 Å². The molecule has 1 saturated carbocycles. The van der Waals surface area contributed by atoms with Crippen molar-refractivity contribution in [2.24, 2.45) is 4.99 Å². The van der Waals surface area contributed by atoms with Gasteiger partial charge < -0.3 is 19.8 Å². The van der Waals surface area contributed by atoms with E-state index >= 15 is 0 Å². The molecule has 3 rings (SSSR count). The fraction of sp³-hybridized carbons (Fsp3) is 0.421. The fourth-order valence-electron chi connectivity index (χ4n) is 2.75. The van der Waals surface area contributed by atoms with E-state index in [4.69, 9.17) is 9.15 Å². The van der Waals surface area contributed by atoms with Gasteiger partial charge in [0.15, 0.2) is 5.96 Å². The maximum absolute atomic E-state index is 5.57. The minimum absolute atomic E-state index is 0.461. The summed E-state index contributed by atoms with van der Waals surface area (Å²) in [6.07, 6.45) is 3.73. The standard InChI is InChI=1S/C19H24BrN3O2/c1-21-19(22-9-3-10-24-13-16-4-2-11-25-16)23-18-12-17(18)14-5-7-15(20)8-6-14/h2,4-8,11,17-18H,3,9-10,12-13H2,1H3,(H2,21,22,23). The minimum Gasteiger partial charge on any atom is -0.467 e. The van der Waals surface area contributed by atoms with Gasteiger partial charge in [0, 0.05) is 36.6 Å².